The number of nitrogens with zero attached hydrogens (tertiary/aromatic N) is 2. The highest BCUT2D eigenvalue weighted by Crippen LogP contribution is 2.18. The van der Waals surface area contributed by atoms with Gasteiger partial charge in [-0.2, -0.15) is 0 Å². The van der Waals surface area contributed by atoms with E-state index in [0.717, 1.165) is 11.3 Å². The summed E-state index contributed by atoms with van der Waals surface area (Å²) in [6, 6.07) is 1.98. The summed E-state index contributed by atoms with van der Waals surface area (Å²) in [4.78, 5) is 2.10. The van der Waals surface area contributed by atoms with E-state index in [1.165, 1.54) is 11.1 Å². The molecule has 0 amide bonds. The minimum Gasteiger partial charge on any atom is -0.305 e. The minimum atomic E-state index is 0.492. The highest BCUT2D eigenvalue weighted by molar-refractivity contribution is 5.24. The number of hydrogen-bond acceptors (Lipinski definition) is 2. The van der Waals surface area contributed by atoms with Crippen molar-refractivity contribution in [2.75, 3.05) is 14.1 Å². The molecule has 0 saturated heterocycles. The zero-order valence-electron chi connectivity index (χ0n) is 9.36. The molecule has 1 N–H and O–H groups in total. The molecule has 1 aromatic rings. The fourth-order valence-corrected chi connectivity index (χ4v) is 1.58. The SMILES string of the molecule is CC(C)c1cc[n+](O)cc1CN(C)C. The van der Waals surface area contributed by atoms with E-state index in [9.17, 15) is 5.21 Å². The van der Waals surface area contributed by atoms with Crippen LogP contribution in [-0.4, -0.2) is 24.2 Å². The molecule has 78 valence electrons. The topological polar surface area (TPSA) is 27.4 Å². The first-order valence-electron chi connectivity index (χ1n) is 4.88. The van der Waals surface area contributed by atoms with Gasteiger partial charge in [-0.05, 0) is 25.6 Å². The molecule has 0 bridgehead atoms. The molecule has 3 heteroatoms. The lowest BCUT2D eigenvalue weighted by Gasteiger charge is -2.13. The third kappa shape index (κ3) is 2.70. The molecule has 1 heterocycles. The molecule has 0 aliphatic heterocycles. The molecule has 0 spiro atoms. The van der Waals surface area contributed by atoms with Gasteiger partial charge >= 0.3 is 0 Å². The Kier molecular flexibility index (Phi) is 3.47. The van der Waals surface area contributed by atoms with E-state index in [4.69, 9.17) is 0 Å². The summed E-state index contributed by atoms with van der Waals surface area (Å²) in [7, 11) is 4.05. The van der Waals surface area contributed by atoms with Crippen LogP contribution < -0.4 is 4.73 Å². The summed E-state index contributed by atoms with van der Waals surface area (Å²) in [5, 5.41) is 9.33. The van der Waals surface area contributed by atoms with Gasteiger partial charge in [0.1, 0.15) is 0 Å². The summed E-state index contributed by atoms with van der Waals surface area (Å²) in [6.45, 7) is 5.18. The molecule has 0 saturated carbocycles. The Balaban J connectivity index is 3.03. The van der Waals surface area contributed by atoms with Gasteiger partial charge in [0.05, 0.1) is 0 Å². The maximum Gasteiger partial charge on any atom is 0.227 e. The standard InChI is InChI=1S/C11H19N2O/c1-9(2)11-5-6-13(14)8-10(11)7-12(3)4/h5-6,8-9,14H,7H2,1-4H3/q+1. The van der Waals surface area contributed by atoms with Gasteiger partial charge in [0.2, 0.25) is 12.4 Å². The van der Waals surface area contributed by atoms with Gasteiger partial charge in [-0.3, -0.25) is 5.21 Å². The van der Waals surface area contributed by atoms with Crippen LogP contribution in [0.1, 0.15) is 30.9 Å². The summed E-state index contributed by atoms with van der Waals surface area (Å²) >= 11 is 0. The van der Waals surface area contributed by atoms with Crippen molar-refractivity contribution < 1.29 is 9.94 Å². The highest BCUT2D eigenvalue weighted by atomic mass is 16.5. The van der Waals surface area contributed by atoms with E-state index < -0.39 is 0 Å². The molecule has 0 atom stereocenters. The average Bonchev–Trinajstić information content (AvgIpc) is 2.01. The van der Waals surface area contributed by atoms with Crippen molar-refractivity contribution in [2.45, 2.75) is 26.3 Å². The first-order chi connectivity index (χ1) is 6.50. The maximum atomic E-state index is 9.33. The quantitative estimate of drug-likeness (QED) is 0.583. The van der Waals surface area contributed by atoms with Gasteiger partial charge in [0.25, 0.3) is 0 Å². The summed E-state index contributed by atoms with van der Waals surface area (Å²) in [5.74, 6) is 0.492. The molecule has 3 nitrogen and oxygen atoms in total. The smallest absolute Gasteiger partial charge is 0.227 e. The van der Waals surface area contributed by atoms with E-state index in [0.29, 0.717) is 5.92 Å². The molecule has 0 aliphatic rings. The van der Waals surface area contributed by atoms with Crippen LogP contribution in [0.3, 0.4) is 0 Å². The van der Waals surface area contributed by atoms with E-state index in [2.05, 4.69) is 18.7 Å². The van der Waals surface area contributed by atoms with Crippen LogP contribution in [0.25, 0.3) is 0 Å². The van der Waals surface area contributed by atoms with Crippen molar-refractivity contribution >= 4 is 0 Å². The largest absolute Gasteiger partial charge is 0.305 e. The predicted octanol–water partition coefficient (Wildman–Crippen LogP) is 1.40. The van der Waals surface area contributed by atoms with Crippen molar-refractivity contribution in [1.82, 2.24) is 4.90 Å². The maximum absolute atomic E-state index is 9.33. The third-order valence-electron chi connectivity index (χ3n) is 2.17. The first kappa shape index (κ1) is 11.0. The Hall–Kier alpha value is -1.09. The number of pyridine rings is 1. The monoisotopic (exact) mass is 195 g/mol. The molecular formula is C11H19N2O+. The molecule has 0 aromatic carbocycles. The zero-order chi connectivity index (χ0) is 10.7. The van der Waals surface area contributed by atoms with Crippen LogP contribution in [0.2, 0.25) is 0 Å². The van der Waals surface area contributed by atoms with E-state index in [1.807, 2.05) is 20.2 Å². The van der Waals surface area contributed by atoms with Gasteiger partial charge in [-0.15, -0.1) is 0 Å². The van der Waals surface area contributed by atoms with Crippen molar-refractivity contribution in [3.8, 4) is 0 Å². The number of rotatable bonds is 3. The van der Waals surface area contributed by atoms with Crippen molar-refractivity contribution in [3.63, 3.8) is 0 Å². The van der Waals surface area contributed by atoms with E-state index in [1.54, 1.807) is 12.4 Å². The zero-order valence-corrected chi connectivity index (χ0v) is 9.36. The van der Waals surface area contributed by atoms with Gasteiger partial charge in [0.15, 0.2) is 0 Å². The van der Waals surface area contributed by atoms with Crippen molar-refractivity contribution in [1.29, 1.82) is 0 Å². The fourth-order valence-electron chi connectivity index (χ4n) is 1.58. The lowest BCUT2D eigenvalue weighted by molar-refractivity contribution is -0.905. The average molecular weight is 195 g/mol. The Morgan fingerprint density at radius 2 is 2.07 bits per heavy atom. The van der Waals surface area contributed by atoms with E-state index >= 15 is 0 Å². The van der Waals surface area contributed by atoms with E-state index in [-0.39, 0.29) is 0 Å². The second-order valence-electron chi connectivity index (χ2n) is 4.20. The van der Waals surface area contributed by atoms with Crippen LogP contribution in [0.5, 0.6) is 0 Å². The van der Waals surface area contributed by atoms with Gasteiger partial charge in [-0.1, -0.05) is 13.8 Å². The summed E-state index contributed by atoms with van der Waals surface area (Å²) in [5.41, 5.74) is 2.47. The van der Waals surface area contributed by atoms with Gasteiger partial charge in [-0.25, -0.2) is 0 Å². The van der Waals surface area contributed by atoms with Crippen LogP contribution in [0.15, 0.2) is 18.5 Å². The molecular weight excluding hydrogens is 176 g/mol. The lowest BCUT2D eigenvalue weighted by atomic mass is 9.99. The normalized spacial score (nSPS) is 11.3. The van der Waals surface area contributed by atoms with Crippen LogP contribution in [0, 0.1) is 0 Å². The Morgan fingerprint density at radius 1 is 1.43 bits per heavy atom. The molecule has 0 unspecified atom stereocenters. The fraction of sp³-hybridized carbons (Fsp3) is 0.545. The first-order valence-corrected chi connectivity index (χ1v) is 4.88. The molecule has 0 fully saturated rings. The lowest BCUT2D eigenvalue weighted by Crippen LogP contribution is -2.31. The molecule has 1 aromatic heterocycles. The molecule has 0 radical (unpaired) electrons. The third-order valence-corrected chi connectivity index (χ3v) is 2.17. The molecule has 1 rings (SSSR count). The molecule has 0 aliphatic carbocycles. The summed E-state index contributed by atoms with van der Waals surface area (Å²) in [6.07, 6.45) is 3.45. The second-order valence-corrected chi connectivity index (χ2v) is 4.20. The Morgan fingerprint density at radius 3 is 2.57 bits per heavy atom. The van der Waals surface area contributed by atoms with Crippen LogP contribution in [0.4, 0.5) is 0 Å². The number of hydrogen-bond donors (Lipinski definition) is 1. The number of aromatic nitrogens is 1. The van der Waals surface area contributed by atoms with Gasteiger partial charge in [0, 0.05) is 22.9 Å². The second kappa shape index (κ2) is 4.42. The highest BCUT2D eigenvalue weighted by Gasteiger charge is 2.12. The Labute approximate surface area is 85.6 Å². The van der Waals surface area contributed by atoms with Crippen LogP contribution in [-0.2, 0) is 6.54 Å². The summed E-state index contributed by atoms with van der Waals surface area (Å²) < 4.78 is 1.12. The van der Waals surface area contributed by atoms with Crippen molar-refractivity contribution in [2.24, 2.45) is 0 Å². The Bertz CT molecular complexity index is 308. The van der Waals surface area contributed by atoms with Crippen LogP contribution >= 0.6 is 0 Å². The van der Waals surface area contributed by atoms with Gasteiger partial charge < -0.3 is 4.90 Å². The minimum absolute atomic E-state index is 0.492. The predicted molar refractivity (Wildman–Crippen MR) is 55.3 cm³/mol. The molecule has 14 heavy (non-hydrogen) atoms. The van der Waals surface area contributed by atoms with Crippen molar-refractivity contribution in [3.05, 3.63) is 29.6 Å².